The van der Waals surface area contributed by atoms with E-state index in [9.17, 15) is 0 Å². The number of hydrogen-bond acceptors (Lipinski definition) is 7. The number of anilines is 9. The number of para-hydroxylation sites is 4. The fourth-order valence-electron chi connectivity index (χ4n) is 21.6. The number of furan rings is 4. The van der Waals surface area contributed by atoms with Gasteiger partial charge in [-0.1, -0.05) is 378 Å². The van der Waals surface area contributed by atoms with E-state index in [0.717, 1.165) is 161 Å². The first-order valence-corrected chi connectivity index (χ1v) is 50.5. The van der Waals surface area contributed by atoms with E-state index in [1.54, 1.807) is 0 Å². The summed E-state index contributed by atoms with van der Waals surface area (Å²) < 4.78 is 24.5. The standard InChI is InChI=1S/C48H31NO2.C48H33NO.C45H33NO/c1-2-8-32(9-3-1)33-14-22-38(23-15-33)49(39-24-16-34(17-25-39)36-20-28-47-43(30-36)41-10-4-6-12-45(41)50-47)40-26-18-35(19-27-40)37-21-29-48-44(31-37)42-11-5-7-13-46(42)51-48;1-3-11-34(12-4-1)38-15-9-17-40(31-38)36-21-25-42(26-22-36)49(44-29-30-48-46(33-44)45-19-7-8-20-47(45)50-48)43-27-23-37(24-28-43)41-18-10-16-39(32-41)35-13-5-2-6-14-35;1-45(2)41-14-8-6-12-37(41)38-26-25-36(29-42(38)45)46(34-21-16-31(17-22-34)30-10-4-3-5-11-30)35-23-18-32(19-24-35)33-20-27-44-40(28-33)39-13-7-9-15-43(39)47-44/h1-31H;1-33H;3-29H,1-2H3. The molecule has 28 rings (SSSR count). The van der Waals surface area contributed by atoms with Crippen LogP contribution in [0, 0.1) is 0 Å². The molecule has 4 heterocycles. The van der Waals surface area contributed by atoms with Gasteiger partial charge in [-0.25, -0.2) is 0 Å². The minimum Gasteiger partial charge on any atom is -0.456 e. The number of benzene rings is 23. The van der Waals surface area contributed by atoms with E-state index < -0.39 is 0 Å². The zero-order valence-electron chi connectivity index (χ0n) is 81.5. The van der Waals surface area contributed by atoms with Crippen LogP contribution in [0.5, 0.6) is 0 Å². The number of nitrogens with zero attached hydrogens (tertiary/aromatic N) is 3. The second kappa shape index (κ2) is 38.2. The van der Waals surface area contributed by atoms with Gasteiger partial charge in [-0.2, -0.15) is 0 Å². The minimum absolute atomic E-state index is 0.0788. The zero-order valence-corrected chi connectivity index (χ0v) is 81.5. The maximum atomic E-state index is 6.19. The van der Waals surface area contributed by atoms with Crippen LogP contribution in [0.3, 0.4) is 0 Å². The summed E-state index contributed by atoms with van der Waals surface area (Å²) in [6, 6.07) is 197. The highest BCUT2D eigenvalue weighted by molar-refractivity contribution is 6.10. The van der Waals surface area contributed by atoms with Crippen LogP contribution in [0.15, 0.2) is 570 Å². The number of fused-ring (bicyclic) bond motifs is 15. The smallest absolute Gasteiger partial charge is 0.135 e. The van der Waals surface area contributed by atoms with Gasteiger partial charge in [-0.05, 0) is 310 Å². The van der Waals surface area contributed by atoms with Crippen LogP contribution in [-0.4, -0.2) is 0 Å². The Kier molecular flexibility index (Phi) is 22.9. The van der Waals surface area contributed by atoms with E-state index in [0.29, 0.717) is 0 Å². The van der Waals surface area contributed by atoms with E-state index in [1.165, 1.54) is 100 Å². The van der Waals surface area contributed by atoms with Gasteiger partial charge in [0.25, 0.3) is 0 Å². The van der Waals surface area contributed by atoms with E-state index in [4.69, 9.17) is 17.7 Å². The lowest BCUT2D eigenvalue weighted by atomic mass is 9.82. The Bertz CT molecular complexity index is 9280. The summed E-state index contributed by atoms with van der Waals surface area (Å²) in [5.74, 6) is 0. The lowest BCUT2D eigenvalue weighted by Crippen LogP contribution is -2.16. The summed E-state index contributed by atoms with van der Waals surface area (Å²) in [6.45, 7) is 4.69. The molecule has 7 nitrogen and oxygen atoms in total. The topological polar surface area (TPSA) is 62.3 Å². The average Bonchev–Trinajstić information content (AvgIpc) is 1.58. The largest absolute Gasteiger partial charge is 0.456 e. The molecule has 1 aliphatic rings. The summed E-state index contributed by atoms with van der Waals surface area (Å²) in [5, 5.41) is 9.05. The summed E-state index contributed by atoms with van der Waals surface area (Å²) in [7, 11) is 0. The zero-order chi connectivity index (χ0) is 98.5. The molecule has 4 aromatic heterocycles. The van der Waals surface area contributed by atoms with Crippen molar-refractivity contribution in [2.45, 2.75) is 19.3 Å². The average molecular weight is 1900 g/mol. The predicted octanol–water partition coefficient (Wildman–Crippen LogP) is 40.4. The van der Waals surface area contributed by atoms with E-state index in [1.807, 2.05) is 48.5 Å². The van der Waals surface area contributed by atoms with Gasteiger partial charge in [-0.15, -0.1) is 0 Å². The van der Waals surface area contributed by atoms with E-state index >= 15 is 0 Å². The lowest BCUT2D eigenvalue weighted by Gasteiger charge is -2.28. The molecule has 0 atom stereocenters. The molecule has 148 heavy (non-hydrogen) atoms. The van der Waals surface area contributed by atoms with Gasteiger partial charge in [0.1, 0.15) is 44.7 Å². The fourth-order valence-corrected chi connectivity index (χ4v) is 21.6. The Morgan fingerprint density at radius 2 is 0.324 bits per heavy atom. The molecule has 0 fully saturated rings. The van der Waals surface area contributed by atoms with Crippen molar-refractivity contribution in [3.8, 4) is 111 Å². The van der Waals surface area contributed by atoms with Crippen LogP contribution in [-0.2, 0) is 5.41 Å². The van der Waals surface area contributed by atoms with Gasteiger partial charge >= 0.3 is 0 Å². The summed E-state index contributed by atoms with van der Waals surface area (Å²) in [4.78, 5) is 7.03. The van der Waals surface area contributed by atoms with Crippen molar-refractivity contribution in [2.24, 2.45) is 0 Å². The Hall–Kier alpha value is -19.3. The first-order valence-electron chi connectivity index (χ1n) is 50.5. The maximum absolute atomic E-state index is 6.19. The normalized spacial score (nSPS) is 11.9. The Morgan fingerprint density at radius 3 is 0.642 bits per heavy atom. The van der Waals surface area contributed by atoms with Crippen LogP contribution in [0.2, 0.25) is 0 Å². The van der Waals surface area contributed by atoms with E-state index in [-0.39, 0.29) is 5.41 Å². The van der Waals surface area contributed by atoms with Gasteiger partial charge in [0.15, 0.2) is 0 Å². The van der Waals surface area contributed by atoms with Gasteiger partial charge in [0, 0.05) is 99.7 Å². The quantitative estimate of drug-likeness (QED) is 0.0848. The third-order valence-electron chi connectivity index (χ3n) is 29.3. The Morgan fingerprint density at radius 1 is 0.128 bits per heavy atom. The Labute approximate surface area is 858 Å². The van der Waals surface area contributed by atoms with Crippen molar-refractivity contribution >= 4 is 139 Å². The molecule has 0 spiro atoms. The van der Waals surface area contributed by atoms with Crippen molar-refractivity contribution in [3.05, 3.63) is 563 Å². The predicted molar refractivity (Wildman–Crippen MR) is 619 cm³/mol. The lowest BCUT2D eigenvalue weighted by molar-refractivity contribution is 0.660. The highest BCUT2D eigenvalue weighted by Crippen LogP contribution is 2.53. The second-order valence-electron chi connectivity index (χ2n) is 38.6. The Balaban J connectivity index is 0.000000112. The van der Waals surface area contributed by atoms with Gasteiger partial charge in [0.2, 0.25) is 0 Å². The molecule has 27 aromatic rings. The minimum atomic E-state index is -0.0788. The molecule has 0 amide bonds. The fraction of sp³-hybridized carbons (Fsp3) is 0.0213. The highest BCUT2D eigenvalue weighted by atomic mass is 16.3. The molecule has 23 aromatic carbocycles. The molecule has 0 aliphatic heterocycles. The third-order valence-corrected chi connectivity index (χ3v) is 29.3. The molecule has 0 bridgehead atoms. The van der Waals surface area contributed by atoms with Crippen molar-refractivity contribution in [1.29, 1.82) is 0 Å². The van der Waals surface area contributed by atoms with Crippen molar-refractivity contribution in [2.75, 3.05) is 14.7 Å². The maximum Gasteiger partial charge on any atom is 0.135 e. The SMILES string of the molecule is CC1(C)c2ccccc2-c2ccc(N(c3ccc(-c4ccccc4)cc3)c3ccc(-c4ccc5oc6ccccc6c5c4)cc3)cc21.c1ccc(-c2ccc(N(c3ccc(-c4ccc5oc6ccccc6c5c4)cc3)c3ccc(-c4ccc5oc6ccccc6c5c4)cc3)cc2)cc1.c1ccc(-c2cccc(-c3ccc(N(c4ccc(-c5cccc(-c6ccccc6)c5)cc4)c4ccc5oc6ccccc6c5c4)cc3)c2)cc1. The number of hydrogen-bond donors (Lipinski definition) is 0. The second-order valence-corrected chi connectivity index (χ2v) is 38.6. The molecule has 700 valence electrons. The van der Waals surface area contributed by atoms with Crippen LogP contribution in [0.25, 0.3) is 199 Å². The van der Waals surface area contributed by atoms with E-state index in [2.05, 4.69) is 532 Å². The first kappa shape index (κ1) is 88.8. The molecule has 0 saturated heterocycles. The van der Waals surface area contributed by atoms with Crippen molar-refractivity contribution in [3.63, 3.8) is 0 Å². The van der Waals surface area contributed by atoms with Crippen LogP contribution in [0.1, 0.15) is 25.0 Å². The van der Waals surface area contributed by atoms with Gasteiger partial charge in [-0.3, -0.25) is 0 Å². The highest BCUT2D eigenvalue weighted by Gasteiger charge is 2.36. The molecule has 7 heteroatoms. The number of rotatable bonds is 18. The van der Waals surface area contributed by atoms with Gasteiger partial charge in [0.05, 0.1) is 0 Å². The first-order chi connectivity index (χ1) is 73.1. The molecule has 0 N–H and O–H groups in total. The summed E-state index contributed by atoms with van der Waals surface area (Å²) in [5.41, 5.74) is 43.9. The molecule has 1 aliphatic carbocycles. The monoisotopic (exact) mass is 1900 g/mol. The van der Waals surface area contributed by atoms with Gasteiger partial charge < -0.3 is 32.4 Å². The summed E-state index contributed by atoms with van der Waals surface area (Å²) in [6.07, 6.45) is 0. The van der Waals surface area contributed by atoms with Crippen LogP contribution < -0.4 is 14.7 Å². The molecular formula is C141H97N3O4. The van der Waals surface area contributed by atoms with Crippen LogP contribution >= 0.6 is 0 Å². The third kappa shape index (κ3) is 17.0. The van der Waals surface area contributed by atoms with Crippen molar-refractivity contribution in [1.82, 2.24) is 0 Å². The molecule has 0 unspecified atom stereocenters. The molecule has 0 radical (unpaired) electrons. The molecule has 0 saturated carbocycles. The summed E-state index contributed by atoms with van der Waals surface area (Å²) >= 11 is 0. The molecular weight excluding hydrogens is 1800 g/mol. The van der Waals surface area contributed by atoms with Crippen LogP contribution in [0.4, 0.5) is 51.2 Å². The van der Waals surface area contributed by atoms with Crippen molar-refractivity contribution < 1.29 is 17.7 Å².